The molecule has 0 radical (unpaired) electrons. The molecule has 0 heterocycles. The van der Waals surface area contributed by atoms with Crippen LogP contribution in [0.2, 0.25) is 0 Å². The third-order valence-electron chi connectivity index (χ3n) is 4.67. The maximum Gasteiger partial charge on any atom is 0.0503 e. The van der Waals surface area contributed by atoms with E-state index in [1.54, 1.807) is 0 Å². The molecule has 19 heavy (non-hydrogen) atoms. The summed E-state index contributed by atoms with van der Waals surface area (Å²) in [7, 11) is 1.37. The van der Waals surface area contributed by atoms with Crippen LogP contribution < -0.4 is 5.32 Å². The highest BCUT2D eigenvalue weighted by Crippen LogP contribution is 2.39. The molecule has 0 saturated heterocycles. The lowest BCUT2D eigenvalue weighted by molar-refractivity contribution is 0.166. The molecule has 0 spiro atoms. The van der Waals surface area contributed by atoms with E-state index < -0.39 is 10.8 Å². The second-order valence-electron chi connectivity index (χ2n) is 7.10. The zero-order chi connectivity index (χ0) is 14.5. The van der Waals surface area contributed by atoms with Crippen LogP contribution in [0.15, 0.2) is 0 Å². The molecule has 114 valence electrons. The van der Waals surface area contributed by atoms with E-state index in [1.165, 1.54) is 25.7 Å². The second-order valence-corrected chi connectivity index (χ2v) is 8.88. The molecule has 0 bridgehead atoms. The average Bonchev–Trinajstić information content (AvgIpc) is 2.37. The fourth-order valence-corrected chi connectivity index (χ4v) is 5.06. The van der Waals surface area contributed by atoms with Crippen molar-refractivity contribution in [2.75, 3.05) is 12.8 Å². The van der Waals surface area contributed by atoms with Crippen LogP contribution >= 0.6 is 0 Å². The first-order valence-electron chi connectivity index (χ1n) is 7.94. The Morgan fingerprint density at radius 3 is 2.42 bits per heavy atom. The molecule has 1 saturated carbocycles. The van der Waals surface area contributed by atoms with Gasteiger partial charge in [-0.2, -0.15) is 0 Å². The lowest BCUT2D eigenvalue weighted by Crippen LogP contribution is -2.47. The molecule has 0 amide bonds. The number of rotatable bonds is 6. The van der Waals surface area contributed by atoms with Crippen molar-refractivity contribution in [3.05, 3.63) is 0 Å². The molecule has 4 unspecified atom stereocenters. The molecule has 1 fully saturated rings. The quantitative estimate of drug-likeness (QED) is 0.754. The van der Waals surface area contributed by atoms with E-state index >= 15 is 0 Å². The van der Waals surface area contributed by atoms with Crippen molar-refractivity contribution in [1.82, 2.24) is 5.32 Å². The van der Waals surface area contributed by atoms with E-state index in [9.17, 15) is 4.21 Å². The topological polar surface area (TPSA) is 29.1 Å². The Balaban J connectivity index is 2.61. The van der Waals surface area contributed by atoms with Crippen LogP contribution in [0, 0.1) is 11.3 Å². The minimum Gasteiger partial charge on any atom is -0.316 e. The Labute approximate surface area is 122 Å². The summed E-state index contributed by atoms with van der Waals surface area (Å²) >= 11 is 0. The van der Waals surface area contributed by atoms with Gasteiger partial charge in [0.2, 0.25) is 0 Å². The third-order valence-corrected chi connectivity index (χ3v) is 6.56. The fraction of sp³-hybridized carbons (Fsp3) is 1.00. The highest BCUT2D eigenvalue weighted by atomic mass is 32.2. The lowest BCUT2D eigenvalue weighted by Gasteiger charge is -2.41. The van der Waals surface area contributed by atoms with E-state index in [4.69, 9.17) is 0 Å². The predicted octanol–water partition coefficient (Wildman–Crippen LogP) is 3.73. The van der Waals surface area contributed by atoms with Crippen LogP contribution in [0.4, 0.5) is 0 Å². The molecule has 0 aromatic rings. The van der Waals surface area contributed by atoms with Gasteiger partial charge in [0.25, 0.3) is 0 Å². The van der Waals surface area contributed by atoms with Crippen molar-refractivity contribution in [2.24, 2.45) is 11.3 Å². The molecule has 1 rings (SSSR count). The van der Waals surface area contributed by atoms with E-state index in [-0.39, 0.29) is 0 Å². The van der Waals surface area contributed by atoms with Gasteiger partial charge in [-0.05, 0) is 44.1 Å². The number of hydrogen-bond donors (Lipinski definition) is 1. The van der Waals surface area contributed by atoms with Gasteiger partial charge in [-0.15, -0.1) is 0 Å². The summed E-state index contributed by atoms with van der Waals surface area (Å²) in [6, 6.07) is 0.459. The lowest BCUT2D eigenvalue weighted by atomic mass is 9.71. The van der Waals surface area contributed by atoms with Crippen molar-refractivity contribution in [3.8, 4) is 0 Å². The molecule has 1 aliphatic rings. The summed E-state index contributed by atoms with van der Waals surface area (Å²) in [6.45, 7) is 9.19. The fourth-order valence-electron chi connectivity index (χ4n) is 3.18. The zero-order valence-corrected chi connectivity index (χ0v) is 14.3. The maximum atomic E-state index is 12.6. The normalized spacial score (nSPS) is 30.3. The smallest absolute Gasteiger partial charge is 0.0503 e. The minimum absolute atomic E-state index is 0.352. The van der Waals surface area contributed by atoms with Crippen LogP contribution in [-0.2, 0) is 10.8 Å². The molecule has 2 nitrogen and oxygen atoms in total. The van der Waals surface area contributed by atoms with E-state index in [0.717, 1.165) is 24.5 Å². The summed E-state index contributed by atoms with van der Waals surface area (Å²) in [5, 5.41) is 3.77. The Morgan fingerprint density at radius 1 is 1.21 bits per heavy atom. The Hall–Kier alpha value is 0.110. The van der Waals surface area contributed by atoms with E-state index in [2.05, 4.69) is 33.0 Å². The van der Waals surface area contributed by atoms with Gasteiger partial charge in [0.05, 0.1) is 5.25 Å². The summed E-state index contributed by atoms with van der Waals surface area (Å²) < 4.78 is 12.6. The first-order chi connectivity index (χ1) is 8.90. The number of unbranched alkanes of at least 4 members (excludes halogenated alkanes) is 2. The van der Waals surface area contributed by atoms with Crippen molar-refractivity contribution in [1.29, 1.82) is 0 Å². The molecule has 0 aliphatic heterocycles. The summed E-state index contributed by atoms with van der Waals surface area (Å²) in [5.74, 6) is 1.62. The number of nitrogens with one attached hydrogen (secondary N) is 1. The van der Waals surface area contributed by atoms with Crippen LogP contribution in [0.25, 0.3) is 0 Å². The van der Waals surface area contributed by atoms with Gasteiger partial charge in [-0.3, -0.25) is 4.21 Å². The van der Waals surface area contributed by atoms with Gasteiger partial charge < -0.3 is 5.32 Å². The van der Waals surface area contributed by atoms with Crippen LogP contribution in [0.3, 0.4) is 0 Å². The predicted molar refractivity (Wildman–Crippen MR) is 86.0 cm³/mol. The summed E-state index contributed by atoms with van der Waals surface area (Å²) in [6.07, 6.45) is 7.14. The van der Waals surface area contributed by atoms with Crippen LogP contribution in [0.1, 0.15) is 66.2 Å². The molecule has 3 heteroatoms. The van der Waals surface area contributed by atoms with Gasteiger partial charge in [0.15, 0.2) is 0 Å². The first-order valence-corrected chi connectivity index (χ1v) is 9.32. The van der Waals surface area contributed by atoms with Gasteiger partial charge in [0, 0.05) is 22.6 Å². The average molecular weight is 288 g/mol. The molecular weight excluding hydrogens is 254 g/mol. The van der Waals surface area contributed by atoms with Crippen molar-refractivity contribution in [2.45, 2.75) is 77.5 Å². The minimum atomic E-state index is -0.656. The monoisotopic (exact) mass is 287 g/mol. The highest BCUT2D eigenvalue weighted by Gasteiger charge is 2.37. The maximum absolute atomic E-state index is 12.6. The van der Waals surface area contributed by atoms with Gasteiger partial charge >= 0.3 is 0 Å². The third kappa shape index (κ3) is 5.18. The standard InChI is InChI=1S/C16H33NOS/c1-6-7-8-11-19(18)15-12-13(16(2,3)4)9-10-14(15)17-5/h13-15,17H,6-12H2,1-5H3. The van der Waals surface area contributed by atoms with Crippen molar-refractivity contribution < 1.29 is 4.21 Å². The van der Waals surface area contributed by atoms with Crippen molar-refractivity contribution in [3.63, 3.8) is 0 Å². The van der Waals surface area contributed by atoms with Crippen molar-refractivity contribution >= 4 is 10.8 Å². The zero-order valence-electron chi connectivity index (χ0n) is 13.5. The van der Waals surface area contributed by atoms with Gasteiger partial charge in [0.1, 0.15) is 0 Å². The van der Waals surface area contributed by atoms with Crippen LogP contribution in [-0.4, -0.2) is 28.3 Å². The largest absolute Gasteiger partial charge is 0.316 e. The molecule has 1 aliphatic carbocycles. The summed E-state index contributed by atoms with van der Waals surface area (Å²) in [5.41, 5.74) is 0.352. The Kier molecular flexibility index (Phi) is 7.02. The molecule has 4 atom stereocenters. The van der Waals surface area contributed by atoms with Crippen LogP contribution in [0.5, 0.6) is 0 Å². The molecular formula is C16H33NOS. The van der Waals surface area contributed by atoms with E-state index in [0.29, 0.717) is 16.7 Å². The van der Waals surface area contributed by atoms with Gasteiger partial charge in [-0.25, -0.2) is 0 Å². The number of hydrogen-bond acceptors (Lipinski definition) is 2. The van der Waals surface area contributed by atoms with Gasteiger partial charge in [-0.1, -0.05) is 40.5 Å². The highest BCUT2D eigenvalue weighted by molar-refractivity contribution is 7.85. The SMILES string of the molecule is CCCCCS(=O)C1CC(C(C)(C)C)CCC1NC. The Morgan fingerprint density at radius 2 is 1.89 bits per heavy atom. The Bertz CT molecular complexity index is 285. The first kappa shape index (κ1) is 17.2. The van der Waals surface area contributed by atoms with E-state index in [1.807, 2.05) is 7.05 Å². The summed E-state index contributed by atoms with van der Waals surface area (Å²) in [4.78, 5) is 0. The second kappa shape index (κ2) is 7.78. The molecule has 1 N–H and O–H groups in total. The molecule has 0 aromatic heterocycles. The molecule has 0 aromatic carbocycles.